The molecule has 1 aliphatic rings. The van der Waals surface area contributed by atoms with Gasteiger partial charge >= 0.3 is 0 Å². The van der Waals surface area contributed by atoms with Crippen LogP contribution in [-0.4, -0.2) is 23.6 Å². The van der Waals surface area contributed by atoms with E-state index in [1.54, 1.807) is 13.2 Å². The van der Waals surface area contributed by atoms with E-state index in [0.29, 0.717) is 29.0 Å². The van der Waals surface area contributed by atoms with Crippen LogP contribution in [0.1, 0.15) is 17.8 Å². The Morgan fingerprint density at radius 1 is 1.25 bits per heavy atom. The Bertz CT molecular complexity index is 949. The van der Waals surface area contributed by atoms with Crippen molar-refractivity contribution >= 4 is 16.6 Å². The quantitative estimate of drug-likeness (QED) is 0.806. The summed E-state index contributed by atoms with van der Waals surface area (Å²) < 4.78 is 5.18. The van der Waals surface area contributed by atoms with Gasteiger partial charge in [-0.05, 0) is 42.7 Å². The molecule has 0 saturated carbocycles. The molecular formula is C19H19N3O2. The van der Waals surface area contributed by atoms with Gasteiger partial charge in [0.05, 0.1) is 24.6 Å². The Labute approximate surface area is 139 Å². The first kappa shape index (κ1) is 14.8. The maximum Gasteiger partial charge on any atom is 0.258 e. The van der Waals surface area contributed by atoms with Gasteiger partial charge in [0.2, 0.25) is 0 Å². The number of nitrogens with zero attached hydrogens (tertiary/aromatic N) is 2. The highest BCUT2D eigenvalue weighted by Gasteiger charge is 2.17. The van der Waals surface area contributed by atoms with E-state index in [4.69, 9.17) is 4.74 Å². The molecule has 0 bridgehead atoms. The molecule has 1 aromatic heterocycles. The summed E-state index contributed by atoms with van der Waals surface area (Å²) in [4.78, 5) is 22.2. The predicted molar refractivity (Wildman–Crippen MR) is 94.7 cm³/mol. The minimum absolute atomic E-state index is 0.126. The Kier molecular flexibility index (Phi) is 3.69. The van der Waals surface area contributed by atoms with Crippen molar-refractivity contribution in [3.8, 4) is 5.75 Å². The summed E-state index contributed by atoms with van der Waals surface area (Å²) in [5.74, 6) is 1.35. The lowest BCUT2D eigenvalue weighted by Crippen LogP contribution is -2.30. The van der Waals surface area contributed by atoms with Gasteiger partial charge in [0, 0.05) is 12.2 Å². The van der Waals surface area contributed by atoms with Crippen molar-refractivity contribution in [2.24, 2.45) is 0 Å². The van der Waals surface area contributed by atoms with Crippen molar-refractivity contribution in [3.05, 3.63) is 64.2 Å². The van der Waals surface area contributed by atoms with Crippen LogP contribution in [0.2, 0.25) is 0 Å². The molecule has 0 radical (unpaired) electrons. The first-order valence-corrected chi connectivity index (χ1v) is 8.14. The van der Waals surface area contributed by atoms with E-state index in [-0.39, 0.29) is 5.56 Å². The van der Waals surface area contributed by atoms with Gasteiger partial charge < -0.3 is 14.6 Å². The number of methoxy groups -OCH3 is 1. The van der Waals surface area contributed by atoms with Crippen LogP contribution in [0.3, 0.4) is 0 Å². The fourth-order valence-electron chi connectivity index (χ4n) is 3.32. The van der Waals surface area contributed by atoms with E-state index >= 15 is 0 Å². The minimum atomic E-state index is -0.126. The van der Waals surface area contributed by atoms with Crippen LogP contribution < -0.4 is 15.2 Å². The van der Waals surface area contributed by atoms with E-state index in [9.17, 15) is 4.79 Å². The zero-order valence-electron chi connectivity index (χ0n) is 13.6. The maximum absolute atomic E-state index is 12.4. The summed E-state index contributed by atoms with van der Waals surface area (Å²) in [6.07, 6.45) is 2.22. The van der Waals surface area contributed by atoms with Gasteiger partial charge in [0.15, 0.2) is 0 Å². The smallest absolute Gasteiger partial charge is 0.258 e. The van der Waals surface area contributed by atoms with Crippen LogP contribution in [0, 0.1) is 0 Å². The third-order valence-electron chi connectivity index (χ3n) is 4.51. The molecule has 1 N–H and O–H groups in total. The zero-order valence-corrected chi connectivity index (χ0v) is 13.6. The van der Waals surface area contributed by atoms with Gasteiger partial charge in [-0.1, -0.05) is 18.2 Å². The first-order chi connectivity index (χ1) is 11.7. The SMILES string of the molecule is COc1ccc2nc(CN3CCCc4ccccc43)[nH]c(=O)c2c1. The number of para-hydroxylation sites is 1. The number of H-pyrrole nitrogens is 1. The molecule has 5 heteroatoms. The van der Waals surface area contributed by atoms with Crippen LogP contribution >= 0.6 is 0 Å². The molecule has 1 aliphatic heterocycles. The van der Waals surface area contributed by atoms with Crippen LogP contribution in [0.5, 0.6) is 5.75 Å². The standard InChI is InChI=1S/C19H19N3O2/c1-24-14-8-9-16-15(11-14)19(23)21-18(20-16)12-22-10-4-6-13-5-2-3-7-17(13)22/h2-3,5,7-9,11H,4,6,10,12H2,1H3,(H,20,21,23). The third kappa shape index (κ3) is 2.62. The van der Waals surface area contributed by atoms with E-state index in [1.807, 2.05) is 12.1 Å². The molecular weight excluding hydrogens is 302 g/mol. The number of aromatic amines is 1. The molecule has 24 heavy (non-hydrogen) atoms. The zero-order chi connectivity index (χ0) is 16.5. The maximum atomic E-state index is 12.4. The second kappa shape index (κ2) is 6.00. The summed E-state index contributed by atoms with van der Waals surface area (Å²) in [6, 6.07) is 13.8. The summed E-state index contributed by atoms with van der Waals surface area (Å²) >= 11 is 0. The minimum Gasteiger partial charge on any atom is -0.497 e. The number of fused-ring (bicyclic) bond motifs is 2. The lowest BCUT2D eigenvalue weighted by atomic mass is 10.0. The van der Waals surface area contributed by atoms with Crippen LogP contribution in [-0.2, 0) is 13.0 Å². The lowest BCUT2D eigenvalue weighted by molar-refractivity contribution is 0.415. The summed E-state index contributed by atoms with van der Waals surface area (Å²) in [6.45, 7) is 1.58. The van der Waals surface area contributed by atoms with Crippen molar-refractivity contribution in [2.75, 3.05) is 18.6 Å². The number of aromatic nitrogens is 2. The average Bonchev–Trinajstić information content (AvgIpc) is 2.62. The van der Waals surface area contributed by atoms with E-state index in [0.717, 1.165) is 19.4 Å². The molecule has 0 aliphatic carbocycles. The van der Waals surface area contributed by atoms with Gasteiger partial charge in [-0.25, -0.2) is 4.98 Å². The number of nitrogens with one attached hydrogen (secondary N) is 1. The van der Waals surface area contributed by atoms with Crippen LogP contribution in [0.4, 0.5) is 5.69 Å². The van der Waals surface area contributed by atoms with Crippen molar-refractivity contribution < 1.29 is 4.74 Å². The van der Waals surface area contributed by atoms with Gasteiger partial charge in [0.1, 0.15) is 11.6 Å². The fourth-order valence-corrected chi connectivity index (χ4v) is 3.32. The monoisotopic (exact) mass is 321 g/mol. The van der Waals surface area contributed by atoms with Gasteiger partial charge in [0.25, 0.3) is 5.56 Å². The molecule has 122 valence electrons. The lowest BCUT2D eigenvalue weighted by Gasteiger charge is -2.30. The second-order valence-corrected chi connectivity index (χ2v) is 6.05. The topological polar surface area (TPSA) is 58.2 Å². The van der Waals surface area contributed by atoms with Crippen molar-refractivity contribution in [1.29, 1.82) is 0 Å². The molecule has 0 amide bonds. The largest absolute Gasteiger partial charge is 0.497 e. The number of ether oxygens (including phenoxy) is 1. The Hall–Kier alpha value is -2.82. The molecule has 4 rings (SSSR count). The highest BCUT2D eigenvalue weighted by atomic mass is 16.5. The average molecular weight is 321 g/mol. The Morgan fingerprint density at radius 3 is 3.00 bits per heavy atom. The molecule has 0 saturated heterocycles. The molecule has 0 spiro atoms. The molecule has 0 atom stereocenters. The number of benzene rings is 2. The van der Waals surface area contributed by atoms with Crippen molar-refractivity contribution in [2.45, 2.75) is 19.4 Å². The molecule has 0 unspecified atom stereocenters. The van der Waals surface area contributed by atoms with Gasteiger partial charge in [-0.3, -0.25) is 4.79 Å². The molecule has 2 aromatic carbocycles. The Balaban J connectivity index is 1.70. The normalized spacial score (nSPS) is 13.8. The summed E-state index contributed by atoms with van der Waals surface area (Å²) in [5, 5.41) is 0.553. The van der Waals surface area contributed by atoms with Crippen LogP contribution in [0.15, 0.2) is 47.3 Å². The molecule has 5 nitrogen and oxygen atoms in total. The number of anilines is 1. The van der Waals surface area contributed by atoms with Gasteiger partial charge in [-0.2, -0.15) is 0 Å². The number of hydrogen-bond acceptors (Lipinski definition) is 4. The van der Waals surface area contributed by atoms with E-state index in [1.165, 1.54) is 11.3 Å². The summed E-state index contributed by atoms with van der Waals surface area (Å²) in [7, 11) is 1.59. The molecule has 3 aromatic rings. The second-order valence-electron chi connectivity index (χ2n) is 6.05. The van der Waals surface area contributed by atoms with Crippen molar-refractivity contribution in [3.63, 3.8) is 0 Å². The van der Waals surface area contributed by atoms with Gasteiger partial charge in [-0.15, -0.1) is 0 Å². The summed E-state index contributed by atoms with van der Waals surface area (Å²) in [5.41, 5.74) is 3.16. The van der Waals surface area contributed by atoms with Crippen LogP contribution in [0.25, 0.3) is 10.9 Å². The number of hydrogen-bond donors (Lipinski definition) is 1. The fraction of sp³-hybridized carbons (Fsp3) is 0.263. The number of rotatable bonds is 3. The first-order valence-electron chi connectivity index (χ1n) is 8.14. The Morgan fingerprint density at radius 2 is 2.12 bits per heavy atom. The van der Waals surface area contributed by atoms with E-state index < -0.39 is 0 Å². The highest BCUT2D eigenvalue weighted by Crippen LogP contribution is 2.27. The predicted octanol–water partition coefficient (Wildman–Crippen LogP) is 2.88. The third-order valence-corrected chi connectivity index (χ3v) is 4.51. The van der Waals surface area contributed by atoms with Crippen molar-refractivity contribution in [1.82, 2.24) is 9.97 Å². The number of aryl methyl sites for hydroxylation is 1. The highest BCUT2D eigenvalue weighted by molar-refractivity contribution is 5.79. The van der Waals surface area contributed by atoms with E-state index in [2.05, 4.69) is 39.1 Å². The molecule has 0 fully saturated rings. The molecule has 2 heterocycles.